The first-order valence-electron chi connectivity index (χ1n) is 12.7. The van der Waals surface area contributed by atoms with Crippen molar-refractivity contribution in [3.05, 3.63) is 126 Å². The van der Waals surface area contributed by atoms with Crippen LogP contribution in [0.1, 0.15) is 16.7 Å². The van der Waals surface area contributed by atoms with Crippen LogP contribution in [0.5, 0.6) is 0 Å². The minimum atomic E-state index is 0.408. The molecular formula is C32H29N5. The fourth-order valence-corrected chi connectivity index (χ4v) is 4.98. The normalized spacial score (nSPS) is 11.4. The van der Waals surface area contributed by atoms with E-state index >= 15 is 0 Å². The van der Waals surface area contributed by atoms with Crippen LogP contribution < -0.4 is 5.32 Å². The molecule has 6 aromatic rings. The highest BCUT2D eigenvalue weighted by atomic mass is 15.0. The predicted octanol–water partition coefficient (Wildman–Crippen LogP) is 6.77. The van der Waals surface area contributed by atoms with E-state index in [1.807, 2.05) is 28.9 Å². The molecule has 3 aromatic heterocycles. The molecule has 3 aromatic carbocycles. The van der Waals surface area contributed by atoms with Crippen LogP contribution in [0, 0.1) is 12.8 Å². The van der Waals surface area contributed by atoms with Crippen LogP contribution in [0.15, 0.2) is 110 Å². The number of aryl methyl sites for hydroxylation is 1. The van der Waals surface area contributed by atoms with Crippen molar-refractivity contribution in [1.82, 2.24) is 19.4 Å². The number of rotatable bonds is 8. The number of imidazole rings is 1. The zero-order chi connectivity index (χ0) is 25.0. The van der Waals surface area contributed by atoms with Crippen molar-refractivity contribution in [2.75, 3.05) is 11.9 Å². The highest BCUT2D eigenvalue weighted by Crippen LogP contribution is 2.28. The molecule has 0 radical (unpaired) electrons. The van der Waals surface area contributed by atoms with Crippen LogP contribution in [0.4, 0.5) is 5.82 Å². The van der Waals surface area contributed by atoms with Crippen molar-refractivity contribution >= 4 is 22.4 Å². The molecule has 0 aliphatic rings. The van der Waals surface area contributed by atoms with Gasteiger partial charge in [-0.25, -0.2) is 15.0 Å². The lowest BCUT2D eigenvalue weighted by atomic mass is 9.92. The van der Waals surface area contributed by atoms with E-state index < -0.39 is 0 Å². The van der Waals surface area contributed by atoms with E-state index in [0.717, 1.165) is 58.7 Å². The molecule has 0 unspecified atom stereocenters. The Morgan fingerprint density at radius 3 is 2.22 bits per heavy atom. The lowest BCUT2D eigenvalue weighted by molar-refractivity contribution is 0.548. The Hall–Kier alpha value is -4.51. The van der Waals surface area contributed by atoms with E-state index in [-0.39, 0.29) is 0 Å². The van der Waals surface area contributed by atoms with Crippen molar-refractivity contribution < 1.29 is 0 Å². The van der Waals surface area contributed by atoms with E-state index in [0.29, 0.717) is 5.92 Å². The molecule has 5 heteroatoms. The maximum absolute atomic E-state index is 5.05. The number of anilines is 1. The third kappa shape index (κ3) is 5.07. The summed E-state index contributed by atoms with van der Waals surface area (Å²) in [5.74, 6) is 2.00. The minimum Gasteiger partial charge on any atom is -0.369 e. The summed E-state index contributed by atoms with van der Waals surface area (Å²) in [7, 11) is 0. The summed E-state index contributed by atoms with van der Waals surface area (Å²) in [5, 5.41) is 4.75. The number of nitrogens with one attached hydrogen (secondary N) is 1. The molecule has 0 bridgehead atoms. The zero-order valence-electron chi connectivity index (χ0n) is 20.9. The van der Waals surface area contributed by atoms with Crippen molar-refractivity contribution in [3.8, 4) is 11.4 Å². The van der Waals surface area contributed by atoms with Crippen molar-refractivity contribution in [2.45, 2.75) is 19.8 Å². The van der Waals surface area contributed by atoms with Gasteiger partial charge in [0.1, 0.15) is 11.5 Å². The summed E-state index contributed by atoms with van der Waals surface area (Å²) in [5.41, 5.74) is 6.66. The molecule has 1 N–H and O–H groups in total. The van der Waals surface area contributed by atoms with Gasteiger partial charge in [0, 0.05) is 36.1 Å². The van der Waals surface area contributed by atoms with Crippen LogP contribution in [0.2, 0.25) is 0 Å². The number of hydrogen-bond donors (Lipinski definition) is 1. The van der Waals surface area contributed by atoms with Gasteiger partial charge in [0.15, 0.2) is 5.82 Å². The van der Waals surface area contributed by atoms with E-state index in [4.69, 9.17) is 9.97 Å². The number of pyridine rings is 1. The third-order valence-electron chi connectivity index (χ3n) is 6.87. The summed E-state index contributed by atoms with van der Waals surface area (Å²) in [6.07, 6.45) is 7.83. The maximum atomic E-state index is 5.05. The van der Waals surface area contributed by atoms with E-state index in [1.165, 1.54) is 11.1 Å². The Bertz CT molecular complexity index is 1600. The summed E-state index contributed by atoms with van der Waals surface area (Å²) in [6.45, 7) is 2.90. The number of benzene rings is 3. The molecule has 37 heavy (non-hydrogen) atoms. The molecule has 0 fully saturated rings. The number of para-hydroxylation sites is 1. The Labute approximate surface area is 216 Å². The van der Waals surface area contributed by atoms with Gasteiger partial charge in [0.25, 0.3) is 0 Å². The Kier molecular flexibility index (Phi) is 6.34. The largest absolute Gasteiger partial charge is 0.369 e. The lowest BCUT2D eigenvalue weighted by Gasteiger charge is -2.20. The predicted molar refractivity (Wildman–Crippen MR) is 151 cm³/mol. The van der Waals surface area contributed by atoms with E-state index in [9.17, 15) is 0 Å². The Morgan fingerprint density at radius 2 is 1.49 bits per heavy atom. The second-order valence-corrected chi connectivity index (χ2v) is 9.60. The van der Waals surface area contributed by atoms with Crippen LogP contribution >= 0.6 is 0 Å². The molecule has 0 amide bonds. The molecule has 0 aliphatic heterocycles. The summed E-state index contributed by atoms with van der Waals surface area (Å²) in [6, 6.07) is 31.8. The van der Waals surface area contributed by atoms with Gasteiger partial charge in [-0.05, 0) is 60.6 Å². The Morgan fingerprint density at radius 1 is 0.811 bits per heavy atom. The first-order chi connectivity index (χ1) is 18.2. The van der Waals surface area contributed by atoms with Gasteiger partial charge in [0.2, 0.25) is 0 Å². The fraction of sp³-hybridized carbons (Fsp3) is 0.156. The highest BCUT2D eigenvalue weighted by Gasteiger charge is 2.16. The van der Waals surface area contributed by atoms with Gasteiger partial charge in [0.05, 0.1) is 5.52 Å². The smallest absolute Gasteiger partial charge is 0.163 e. The lowest BCUT2D eigenvalue weighted by Crippen LogP contribution is -2.20. The molecular weight excluding hydrogens is 454 g/mol. The second-order valence-electron chi connectivity index (χ2n) is 9.60. The first kappa shape index (κ1) is 22.9. The molecule has 0 saturated carbocycles. The molecule has 6 rings (SSSR count). The quantitative estimate of drug-likeness (QED) is 0.260. The molecule has 0 saturated heterocycles. The van der Waals surface area contributed by atoms with Gasteiger partial charge in [-0.3, -0.25) is 0 Å². The summed E-state index contributed by atoms with van der Waals surface area (Å²) >= 11 is 0. The number of nitrogens with zero attached hydrogens (tertiary/aromatic N) is 4. The Balaban J connectivity index is 1.34. The van der Waals surface area contributed by atoms with Gasteiger partial charge in [-0.2, -0.15) is 0 Å². The number of fused-ring (bicyclic) bond motifs is 2. The zero-order valence-corrected chi connectivity index (χ0v) is 20.9. The van der Waals surface area contributed by atoms with Crippen molar-refractivity contribution in [1.29, 1.82) is 0 Å². The van der Waals surface area contributed by atoms with Crippen molar-refractivity contribution in [2.24, 2.45) is 5.92 Å². The van der Waals surface area contributed by atoms with Gasteiger partial charge >= 0.3 is 0 Å². The van der Waals surface area contributed by atoms with E-state index in [2.05, 4.69) is 102 Å². The average Bonchev–Trinajstić information content (AvgIpc) is 3.39. The second kappa shape index (κ2) is 10.2. The van der Waals surface area contributed by atoms with Gasteiger partial charge < -0.3 is 9.72 Å². The van der Waals surface area contributed by atoms with Crippen LogP contribution in [0.3, 0.4) is 0 Å². The highest BCUT2D eigenvalue weighted by molar-refractivity contribution is 5.90. The maximum Gasteiger partial charge on any atom is 0.163 e. The third-order valence-corrected chi connectivity index (χ3v) is 6.87. The van der Waals surface area contributed by atoms with Crippen molar-refractivity contribution in [3.63, 3.8) is 0 Å². The number of hydrogen-bond acceptors (Lipinski definition) is 4. The van der Waals surface area contributed by atoms with E-state index in [1.54, 1.807) is 0 Å². The molecule has 5 nitrogen and oxygen atoms in total. The molecule has 182 valence electrons. The van der Waals surface area contributed by atoms with Crippen LogP contribution in [-0.2, 0) is 12.8 Å². The average molecular weight is 484 g/mol. The van der Waals surface area contributed by atoms with Crippen LogP contribution in [-0.4, -0.2) is 25.9 Å². The van der Waals surface area contributed by atoms with Crippen LogP contribution in [0.25, 0.3) is 27.9 Å². The molecule has 3 heterocycles. The monoisotopic (exact) mass is 483 g/mol. The summed E-state index contributed by atoms with van der Waals surface area (Å²) < 4.78 is 2.02. The fourth-order valence-electron chi connectivity index (χ4n) is 4.98. The SMILES string of the molecule is Cc1cc2nccn2cc1-c1nc(NCC(Cc2ccccc2)Cc2ccccc2)c2ccccc2n1. The van der Waals surface area contributed by atoms with Gasteiger partial charge in [-0.1, -0.05) is 72.8 Å². The number of aromatic nitrogens is 4. The first-order valence-corrected chi connectivity index (χ1v) is 12.7. The molecule has 0 aliphatic carbocycles. The minimum absolute atomic E-state index is 0.408. The topological polar surface area (TPSA) is 55.1 Å². The molecule has 0 spiro atoms. The summed E-state index contributed by atoms with van der Waals surface area (Å²) in [4.78, 5) is 14.4. The van der Waals surface area contributed by atoms with Gasteiger partial charge in [-0.15, -0.1) is 0 Å². The standard InChI is InChI=1S/C32H29N5/c1-23-18-30-33-16-17-37(30)22-28(23)32-35-29-15-9-8-14-27(29)31(36-32)34-21-26(19-24-10-4-2-5-11-24)20-25-12-6-3-7-13-25/h2-18,22,26H,19-21H2,1H3,(H,34,35,36). The molecule has 0 atom stereocenters.